The van der Waals surface area contributed by atoms with E-state index in [1.54, 1.807) is 12.3 Å². The first-order valence-electron chi connectivity index (χ1n) is 7.92. The Hall–Kier alpha value is -1.58. The van der Waals surface area contributed by atoms with Gasteiger partial charge in [0, 0.05) is 24.1 Å². The summed E-state index contributed by atoms with van der Waals surface area (Å²) in [5.74, 6) is 0.557. The fourth-order valence-corrected chi connectivity index (χ4v) is 3.58. The van der Waals surface area contributed by atoms with E-state index in [1.165, 1.54) is 32.1 Å². The Bertz CT molecular complexity index is 505. The molecule has 1 aliphatic carbocycles. The van der Waals surface area contributed by atoms with E-state index >= 15 is 0 Å². The Morgan fingerprint density at radius 1 is 1.43 bits per heavy atom. The maximum absolute atomic E-state index is 12.3. The summed E-state index contributed by atoms with van der Waals surface area (Å²) in [5, 5.41) is 3.09. The largest absolute Gasteiger partial charge is 0.398 e. The van der Waals surface area contributed by atoms with Crippen LogP contribution in [-0.2, 0) is 0 Å². The second-order valence-electron chi connectivity index (χ2n) is 6.90. The number of aromatic nitrogens is 1. The molecule has 1 aliphatic rings. The van der Waals surface area contributed by atoms with Crippen LogP contribution in [0.25, 0.3) is 0 Å². The van der Waals surface area contributed by atoms with Gasteiger partial charge in [0.1, 0.15) is 0 Å². The number of carbonyl (C=O) groups excluding carboxylic acids is 1. The van der Waals surface area contributed by atoms with Crippen LogP contribution in [0.15, 0.2) is 12.3 Å². The van der Waals surface area contributed by atoms with Crippen LogP contribution in [0.3, 0.4) is 0 Å². The number of hydrogen-bond acceptors (Lipinski definition) is 3. The third kappa shape index (κ3) is 3.96. The molecule has 1 aromatic rings. The molecule has 1 aromatic heterocycles. The van der Waals surface area contributed by atoms with E-state index < -0.39 is 0 Å². The highest BCUT2D eigenvalue weighted by Gasteiger charge is 2.34. The summed E-state index contributed by atoms with van der Waals surface area (Å²) in [6, 6.07) is 1.74. The Kier molecular flexibility index (Phi) is 4.86. The summed E-state index contributed by atoms with van der Waals surface area (Å²) in [5.41, 5.74) is 8.01. The van der Waals surface area contributed by atoms with Crippen molar-refractivity contribution < 1.29 is 4.79 Å². The predicted molar refractivity (Wildman–Crippen MR) is 86.1 cm³/mol. The standard InChI is InChI=1S/C17H27N3O/c1-12(2)9-17(6-4-5-7-17)11-20-16(21)14-10-19-13(3)8-15(14)18/h8,10,12H,4-7,9,11H2,1-3H3,(H2,18,19)(H,20,21). The maximum Gasteiger partial charge on any atom is 0.254 e. The number of carbonyl (C=O) groups is 1. The topological polar surface area (TPSA) is 68.0 Å². The lowest BCUT2D eigenvalue weighted by Gasteiger charge is -2.31. The zero-order valence-electron chi connectivity index (χ0n) is 13.4. The third-order valence-corrected chi connectivity index (χ3v) is 4.45. The molecule has 2 rings (SSSR count). The fraction of sp³-hybridized carbons (Fsp3) is 0.647. The number of hydrogen-bond donors (Lipinski definition) is 2. The van der Waals surface area contributed by atoms with Gasteiger partial charge in [-0.3, -0.25) is 9.78 Å². The van der Waals surface area contributed by atoms with E-state index in [0.717, 1.165) is 12.2 Å². The smallest absolute Gasteiger partial charge is 0.254 e. The second-order valence-corrected chi connectivity index (χ2v) is 6.90. The lowest BCUT2D eigenvalue weighted by atomic mass is 9.78. The van der Waals surface area contributed by atoms with Crippen molar-refractivity contribution in [3.8, 4) is 0 Å². The second kappa shape index (κ2) is 6.46. The van der Waals surface area contributed by atoms with Gasteiger partial charge in [0.05, 0.1) is 5.56 Å². The van der Waals surface area contributed by atoms with Crippen molar-refractivity contribution in [1.29, 1.82) is 0 Å². The zero-order chi connectivity index (χ0) is 15.5. The number of nitrogens with two attached hydrogens (primary N) is 1. The van der Waals surface area contributed by atoms with Crippen LogP contribution in [-0.4, -0.2) is 17.4 Å². The molecular formula is C17H27N3O. The van der Waals surface area contributed by atoms with Crippen LogP contribution in [0.2, 0.25) is 0 Å². The van der Waals surface area contributed by atoms with Crippen molar-refractivity contribution in [2.24, 2.45) is 11.3 Å². The molecule has 0 radical (unpaired) electrons. The molecule has 3 N–H and O–H groups in total. The van der Waals surface area contributed by atoms with Crippen molar-refractivity contribution in [2.45, 2.75) is 52.9 Å². The van der Waals surface area contributed by atoms with Crippen molar-refractivity contribution in [1.82, 2.24) is 10.3 Å². The van der Waals surface area contributed by atoms with Gasteiger partial charge in [0.2, 0.25) is 0 Å². The molecule has 21 heavy (non-hydrogen) atoms. The summed E-state index contributed by atoms with van der Waals surface area (Å²) in [6.45, 7) is 7.12. The van der Waals surface area contributed by atoms with E-state index in [2.05, 4.69) is 24.1 Å². The molecule has 0 atom stereocenters. The number of anilines is 1. The van der Waals surface area contributed by atoms with Crippen molar-refractivity contribution in [2.75, 3.05) is 12.3 Å². The average Bonchev–Trinajstić information content (AvgIpc) is 2.84. The first-order chi connectivity index (χ1) is 9.92. The minimum Gasteiger partial charge on any atom is -0.398 e. The highest BCUT2D eigenvalue weighted by molar-refractivity contribution is 5.98. The van der Waals surface area contributed by atoms with E-state index in [1.807, 2.05) is 6.92 Å². The number of nitrogen functional groups attached to an aromatic ring is 1. The van der Waals surface area contributed by atoms with Crippen LogP contribution < -0.4 is 11.1 Å². The first kappa shape index (κ1) is 15.8. The van der Waals surface area contributed by atoms with Crippen molar-refractivity contribution in [3.05, 3.63) is 23.5 Å². The molecule has 1 saturated carbocycles. The van der Waals surface area contributed by atoms with Crippen molar-refractivity contribution in [3.63, 3.8) is 0 Å². The van der Waals surface area contributed by atoms with Crippen LogP contribution in [0, 0.1) is 18.3 Å². The van der Waals surface area contributed by atoms with E-state index in [4.69, 9.17) is 5.73 Å². The first-order valence-corrected chi connectivity index (χ1v) is 7.92. The number of amides is 1. The van der Waals surface area contributed by atoms with Gasteiger partial charge >= 0.3 is 0 Å². The van der Waals surface area contributed by atoms with Gasteiger partial charge in [-0.05, 0) is 43.6 Å². The van der Waals surface area contributed by atoms with Gasteiger partial charge in [0.25, 0.3) is 5.91 Å². The molecular weight excluding hydrogens is 262 g/mol. The molecule has 1 fully saturated rings. The van der Waals surface area contributed by atoms with Gasteiger partial charge in [-0.25, -0.2) is 0 Å². The summed E-state index contributed by atoms with van der Waals surface area (Å²) in [4.78, 5) is 16.5. The minimum absolute atomic E-state index is 0.102. The quantitative estimate of drug-likeness (QED) is 0.874. The Morgan fingerprint density at radius 3 is 2.67 bits per heavy atom. The SMILES string of the molecule is Cc1cc(N)c(C(=O)NCC2(CC(C)C)CCCC2)cn1. The molecule has 4 nitrogen and oxygen atoms in total. The molecule has 1 amide bonds. The summed E-state index contributed by atoms with van der Waals surface area (Å²) >= 11 is 0. The number of aryl methyl sites for hydroxylation is 1. The summed E-state index contributed by atoms with van der Waals surface area (Å²) < 4.78 is 0. The zero-order valence-corrected chi connectivity index (χ0v) is 13.4. The predicted octanol–water partition coefficient (Wildman–Crippen LogP) is 3.31. The normalized spacial score (nSPS) is 17.1. The van der Waals surface area contributed by atoms with Gasteiger partial charge in [0.15, 0.2) is 0 Å². The van der Waals surface area contributed by atoms with Gasteiger partial charge in [-0.15, -0.1) is 0 Å². The lowest BCUT2D eigenvalue weighted by molar-refractivity contribution is 0.0922. The van der Waals surface area contributed by atoms with Gasteiger partial charge in [-0.1, -0.05) is 26.7 Å². The third-order valence-electron chi connectivity index (χ3n) is 4.45. The molecule has 0 saturated heterocycles. The highest BCUT2D eigenvalue weighted by atomic mass is 16.1. The number of rotatable bonds is 5. The molecule has 116 valence electrons. The van der Waals surface area contributed by atoms with E-state index in [0.29, 0.717) is 17.2 Å². The highest BCUT2D eigenvalue weighted by Crippen LogP contribution is 2.42. The summed E-state index contributed by atoms with van der Waals surface area (Å²) in [6.07, 6.45) is 7.73. The average molecular weight is 289 g/mol. The summed E-state index contributed by atoms with van der Waals surface area (Å²) in [7, 11) is 0. The number of pyridine rings is 1. The van der Waals surface area contributed by atoms with Crippen LogP contribution >= 0.6 is 0 Å². The van der Waals surface area contributed by atoms with Crippen molar-refractivity contribution >= 4 is 11.6 Å². The lowest BCUT2D eigenvalue weighted by Crippen LogP contribution is -2.37. The Labute approximate surface area is 127 Å². The Morgan fingerprint density at radius 2 is 2.10 bits per heavy atom. The molecule has 0 aliphatic heterocycles. The Balaban J connectivity index is 2.02. The monoisotopic (exact) mass is 289 g/mol. The van der Waals surface area contributed by atoms with Crippen LogP contribution in [0.5, 0.6) is 0 Å². The minimum atomic E-state index is -0.102. The van der Waals surface area contributed by atoms with Gasteiger partial charge in [-0.2, -0.15) is 0 Å². The number of nitrogens with one attached hydrogen (secondary N) is 1. The molecule has 4 heteroatoms. The molecule has 0 spiro atoms. The maximum atomic E-state index is 12.3. The molecule has 0 bridgehead atoms. The number of nitrogens with zero attached hydrogens (tertiary/aromatic N) is 1. The molecule has 1 heterocycles. The van der Waals surface area contributed by atoms with Crippen LogP contribution in [0.1, 0.15) is 62.0 Å². The fourth-order valence-electron chi connectivity index (χ4n) is 3.58. The molecule has 0 unspecified atom stereocenters. The van der Waals surface area contributed by atoms with E-state index in [9.17, 15) is 4.79 Å². The van der Waals surface area contributed by atoms with Gasteiger partial charge < -0.3 is 11.1 Å². The van der Waals surface area contributed by atoms with E-state index in [-0.39, 0.29) is 11.3 Å². The van der Waals surface area contributed by atoms with Crippen LogP contribution in [0.4, 0.5) is 5.69 Å². The molecule has 0 aromatic carbocycles.